The molecule has 114 valence electrons. The average molecular weight is 320 g/mol. The van der Waals surface area contributed by atoms with Gasteiger partial charge in [0.15, 0.2) is 0 Å². The summed E-state index contributed by atoms with van der Waals surface area (Å²) in [5.74, 6) is -0.0464. The highest BCUT2D eigenvalue weighted by molar-refractivity contribution is 7.90. The van der Waals surface area contributed by atoms with Crippen LogP contribution in [0.25, 0.3) is 0 Å². The molecule has 0 aliphatic rings. The van der Waals surface area contributed by atoms with Crippen molar-refractivity contribution in [3.05, 3.63) is 23.3 Å². The maximum atomic E-state index is 12.2. The summed E-state index contributed by atoms with van der Waals surface area (Å²) in [6.45, 7) is 3.43. The molecule has 1 aromatic rings. The molecule has 20 heavy (non-hydrogen) atoms. The first kappa shape index (κ1) is 16.9. The number of sulfonamides is 1. The minimum Gasteiger partial charge on any atom is -0.399 e. The Morgan fingerprint density at radius 1 is 1.10 bits per heavy atom. The molecule has 0 aromatic heterocycles. The van der Waals surface area contributed by atoms with Crippen molar-refractivity contribution in [2.45, 2.75) is 25.2 Å². The number of rotatable bonds is 6. The Bertz CT molecular complexity index is 671. The molecular weight excluding hydrogens is 300 g/mol. The van der Waals surface area contributed by atoms with Crippen LogP contribution in [0.2, 0.25) is 0 Å². The van der Waals surface area contributed by atoms with E-state index in [9.17, 15) is 16.8 Å². The lowest BCUT2D eigenvalue weighted by molar-refractivity contribution is 0.576. The van der Waals surface area contributed by atoms with Gasteiger partial charge >= 0.3 is 0 Å². The number of hydrogen-bond acceptors (Lipinski definition) is 5. The van der Waals surface area contributed by atoms with E-state index in [0.29, 0.717) is 16.8 Å². The van der Waals surface area contributed by atoms with Crippen molar-refractivity contribution >= 4 is 25.5 Å². The fourth-order valence-electron chi connectivity index (χ4n) is 2.02. The van der Waals surface area contributed by atoms with Crippen LogP contribution in [0.3, 0.4) is 0 Å². The number of anilines is 1. The van der Waals surface area contributed by atoms with Crippen molar-refractivity contribution < 1.29 is 16.8 Å². The van der Waals surface area contributed by atoms with Crippen molar-refractivity contribution in [3.8, 4) is 0 Å². The van der Waals surface area contributed by atoms with E-state index in [0.717, 1.165) is 6.26 Å². The minimum absolute atomic E-state index is 0.0464. The van der Waals surface area contributed by atoms with E-state index in [-0.39, 0.29) is 23.6 Å². The summed E-state index contributed by atoms with van der Waals surface area (Å²) in [4.78, 5) is 0.200. The van der Waals surface area contributed by atoms with E-state index in [1.807, 2.05) is 0 Å². The predicted octanol–water partition coefficient (Wildman–Crippen LogP) is 0.599. The molecule has 0 heterocycles. The van der Waals surface area contributed by atoms with E-state index >= 15 is 0 Å². The van der Waals surface area contributed by atoms with Crippen molar-refractivity contribution in [1.29, 1.82) is 0 Å². The van der Waals surface area contributed by atoms with Gasteiger partial charge in [-0.25, -0.2) is 21.6 Å². The number of sulfone groups is 1. The molecule has 6 nitrogen and oxygen atoms in total. The molecular formula is C12H20N2O4S2. The Morgan fingerprint density at radius 2 is 1.60 bits per heavy atom. The summed E-state index contributed by atoms with van der Waals surface area (Å²) in [5, 5.41) is 0. The van der Waals surface area contributed by atoms with E-state index < -0.39 is 19.9 Å². The van der Waals surface area contributed by atoms with Crippen LogP contribution in [0, 0.1) is 13.8 Å². The second-order valence-corrected chi connectivity index (χ2v) is 8.83. The van der Waals surface area contributed by atoms with Gasteiger partial charge in [-0.15, -0.1) is 0 Å². The summed E-state index contributed by atoms with van der Waals surface area (Å²) < 4.78 is 48.8. The maximum Gasteiger partial charge on any atom is 0.241 e. The number of benzene rings is 1. The van der Waals surface area contributed by atoms with Crippen LogP contribution in [-0.2, 0) is 19.9 Å². The SMILES string of the molecule is Cc1cc(N)cc(C)c1S(=O)(=O)NCCCS(C)(=O)=O. The third-order valence-corrected chi connectivity index (χ3v) is 5.53. The van der Waals surface area contributed by atoms with Crippen LogP contribution in [0.1, 0.15) is 17.5 Å². The largest absolute Gasteiger partial charge is 0.399 e. The van der Waals surface area contributed by atoms with Gasteiger partial charge in [0.05, 0.1) is 10.6 Å². The highest BCUT2D eigenvalue weighted by Crippen LogP contribution is 2.22. The van der Waals surface area contributed by atoms with Crippen molar-refractivity contribution in [1.82, 2.24) is 4.72 Å². The van der Waals surface area contributed by atoms with E-state index in [2.05, 4.69) is 4.72 Å². The van der Waals surface area contributed by atoms with Gasteiger partial charge in [0, 0.05) is 18.5 Å². The number of hydrogen-bond donors (Lipinski definition) is 2. The van der Waals surface area contributed by atoms with Crippen molar-refractivity contribution in [3.63, 3.8) is 0 Å². The Morgan fingerprint density at radius 3 is 2.05 bits per heavy atom. The maximum absolute atomic E-state index is 12.2. The lowest BCUT2D eigenvalue weighted by atomic mass is 10.1. The topological polar surface area (TPSA) is 106 Å². The lowest BCUT2D eigenvalue weighted by Gasteiger charge is -2.12. The van der Waals surface area contributed by atoms with Crippen LogP contribution >= 0.6 is 0 Å². The monoisotopic (exact) mass is 320 g/mol. The third kappa shape index (κ3) is 4.77. The van der Waals surface area contributed by atoms with Crippen LogP contribution in [-0.4, -0.2) is 35.4 Å². The molecule has 0 aliphatic heterocycles. The molecule has 0 bridgehead atoms. The van der Waals surface area contributed by atoms with E-state index in [4.69, 9.17) is 5.73 Å². The molecule has 0 fully saturated rings. The van der Waals surface area contributed by atoms with Crippen LogP contribution < -0.4 is 10.5 Å². The van der Waals surface area contributed by atoms with Gasteiger partial charge in [0.2, 0.25) is 10.0 Å². The first-order valence-corrected chi connectivity index (χ1v) is 9.61. The smallest absolute Gasteiger partial charge is 0.241 e. The van der Waals surface area contributed by atoms with Crippen LogP contribution in [0.4, 0.5) is 5.69 Å². The summed E-state index contributed by atoms with van der Waals surface area (Å²) in [6.07, 6.45) is 1.36. The Hall–Kier alpha value is -1.12. The Kier molecular flexibility index (Phi) is 5.17. The fraction of sp³-hybridized carbons (Fsp3) is 0.500. The first-order chi connectivity index (χ1) is 9.03. The molecule has 1 aromatic carbocycles. The zero-order valence-electron chi connectivity index (χ0n) is 11.8. The number of nitrogens with two attached hydrogens (primary N) is 1. The summed E-state index contributed by atoms with van der Waals surface area (Å²) in [5.41, 5.74) is 7.30. The quantitative estimate of drug-likeness (QED) is 0.589. The summed E-state index contributed by atoms with van der Waals surface area (Å²) in [6, 6.07) is 3.19. The molecule has 0 atom stereocenters. The Labute approximate surface area is 120 Å². The van der Waals surface area contributed by atoms with Crippen LogP contribution in [0.5, 0.6) is 0 Å². The first-order valence-electron chi connectivity index (χ1n) is 6.07. The minimum atomic E-state index is -3.66. The van der Waals surface area contributed by atoms with Gasteiger partial charge in [-0.1, -0.05) is 0 Å². The second-order valence-electron chi connectivity index (χ2n) is 4.87. The number of nitrogen functional groups attached to an aromatic ring is 1. The average Bonchev–Trinajstić information content (AvgIpc) is 2.21. The molecule has 0 saturated heterocycles. The molecule has 0 saturated carbocycles. The third-order valence-electron chi connectivity index (χ3n) is 2.74. The van der Waals surface area contributed by atoms with Gasteiger partial charge < -0.3 is 5.73 Å². The van der Waals surface area contributed by atoms with Gasteiger partial charge in [0.25, 0.3) is 0 Å². The second kappa shape index (κ2) is 6.11. The van der Waals surface area contributed by atoms with Gasteiger partial charge in [-0.05, 0) is 43.5 Å². The molecule has 3 N–H and O–H groups in total. The van der Waals surface area contributed by atoms with Gasteiger partial charge in [-0.2, -0.15) is 0 Å². The van der Waals surface area contributed by atoms with Crippen molar-refractivity contribution in [2.75, 3.05) is 24.3 Å². The molecule has 0 radical (unpaired) electrons. The van der Waals surface area contributed by atoms with Gasteiger partial charge in [-0.3, -0.25) is 0 Å². The molecule has 8 heteroatoms. The zero-order valence-corrected chi connectivity index (χ0v) is 13.4. The molecule has 1 rings (SSSR count). The molecule has 0 amide bonds. The van der Waals surface area contributed by atoms with E-state index in [1.165, 1.54) is 0 Å². The van der Waals surface area contributed by atoms with E-state index in [1.54, 1.807) is 26.0 Å². The predicted molar refractivity (Wildman–Crippen MR) is 79.8 cm³/mol. The highest BCUT2D eigenvalue weighted by Gasteiger charge is 2.19. The molecule has 0 aliphatic carbocycles. The molecule has 0 spiro atoms. The van der Waals surface area contributed by atoms with Crippen molar-refractivity contribution in [2.24, 2.45) is 0 Å². The Balaban J connectivity index is 2.85. The number of aryl methyl sites for hydroxylation is 2. The normalized spacial score (nSPS) is 12.6. The highest BCUT2D eigenvalue weighted by atomic mass is 32.2. The summed E-state index contributed by atoms with van der Waals surface area (Å²) in [7, 11) is -6.74. The summed E-state index contributed by atoms with van der Waals surface area (Å²) >= 11 is 0. The molecule has 0 unspecified atom stereocenters. The zero-order chi connectivity index (χ0) is 15.6. The standard InChI is InChI=1S/C12H20N2O4S2/c1-9-7-11(13)8-10(2)12(9)20(17,18)14-5-4-6-19(3,15)16/h7-8,14H,4-6,13H2,1-3H3. The van der Waals surface area contributed by atoms with Crippen LogP contribution in [0.15, 0.2) is 17.0 Å². The number of nitrogens with one attached hydrogen (secondary N) is 1. The van der Waals surface area contributed by atoms with Gasteiger partial charge in [0.1, 0.15) is 9.84 Å². The lowest BCUT2D eigenvalue weighted by Crippen LogP contribution is -2.27. The fourth-order valence-corrected chi connectivity index (χ4v) is 4.21.